The van der Waals surface area contributed by atoms with E-state index in [-0.39, 0.29) is 12.5 Å². The van der Waals surface area contributed by atoms with E-state index in [1.54, 1.807) is 17.6 Å². The van der Waals surface area contributed by atoms with Gasteiger partial charge in [-0.05, 0) is 55.0 Å². The molecule has 0 spiro atoms. The highest BCUT2D eigenvalue weighted by Crippen LogP contribution is 2.18. The Labute approximate surface area is 128 Å². The van der Waals surface area contributed by atoms with Crippen molar-refractivity contribution in [2.75, 3.05) is 6.61 Å². The molecule has 0 aliphatic carbocycles. The molecule has 0 fully saturated rings. The van der Waals surface area contributed by atoms with Gasteiger partial charge in [0.2, 0.25) is 0 Å². The Morgan fingerprint density at radius 1 is 1.29 bits per heavy atom. The second-order valence-electron chi connectivity index (χ2n) is 4.82. The number of aryl methyl sites for hydroxylation is 3. The summed E-state index contributed by atoms with van der Waals surface area (Å²) in [5.74, 6) is 0.449. The van der Waals surface area contributed by atoms with E-state index in [0.29, 0.717) is 0 Å². The minimum atomic E-state index is -0.277. The molecule has 0 aliphatic rings. The van der Waals surface area contributed by atoms with Crippen LogP contribution in [0.4, 0.5) is 0 Å². The maximum absolute atomic E-state index is 11.7. The van der Waals surface area contributed by atoms with Gasteiger partial charge in [0.1, 0.15) is 5.75 Å². The number of benzene rings is 1. The highest BCUT2D eigenvalue weighted by atomic mass is 32.1. The molecule has 1 N–H and O–H groups in total. The first kappa shape index (κ1) is 15.3. The van der Waals surface area contributed by atoms with Gasteiger partial charge >= 0.3 is 0 Å². The number of hydrogen-bond acceptors (Lipinski definition) is 4. The Balaban J connectivity index is 1.84. The van der Waals surface area contributed by atoms with Gasteiger partial charge in [0.25, 0.3) is 5.91 Å². The molecule has 0 atom stereocenters. The highest BCUT2D eigenvalue weighted by molar-refractivity contribution is 7.11. The molecule has 0 radical (unpaired) electrons. The molecule has 1 aromatic carbocycles. The van der Waals surface area contributed by atoms with Crippen LogP contribution in [-0.4, -0.2) is 18.7 Å². The standard InChI is InChI=1S/C16H18N2O2S/c1-11-4-5-12(2)14(8-11)20-10-16(19)18-17-9-15-13(3)6-7-21-15/h4-9H,10H2,1-3H3,(H,18,19). The number of rotatable bonds is 5. The number of hydrazone groups is 1. The van der Waals surface area contributed by atoms with Gasteiger partial charge < -0.3 is 4.74 Å². The Hall–Kier alpha value is -2.14. The van der Waals surface area contributed by atoms with Crippen LogP contribution in [-0.2, 0) is 4.79 Å². The SMILES string of the molecule is Cc1ccc(C)c(OCC(=O)NN=Cc2sccc2C)c1. The quantitative estimate of drug-likeness (QED) is 0.681. The number of nitrogens with zero attached hydrogens (tertiary/aromatic N) is 1. The normalized spacial score (nSPS) is 10.8. The molecule has 1 amide bonds. The number of carbonyl (C=O) groups excluding carboxylic acids is 1. The molecule has 2 rings (SSSR count). The van der Waals surface area contributed by atoms with Crippen LogP contribution < -0.4 is 10.2 Å². The summed E-state index contributed by atoms with van der Waals surface area (Å²) >= 11 is 1.58. The van der Waals surface area contributed by atoms with Gasteiger partial charge in [-0.25, -0.2) is 5.43 Å². The van der Waals surface area contributed by atoms with Crippen LogP contribution in [0.3, 0.4) is 0 Å². The fraction of sp³-hybridized carbons (Fsp3) is 0.250. The molecule has 0 unspecified atom stereocenters. The molecular weight excluding hydrogens is 284 g/mol. The van der Waals surface area contributed by atoms with E-state index in [1.807, 2.05) is 50.4 Å². The van der Waals surface area contributed by atoms with Crippen LogP contribution in [0.1, 0.15) is 21.6 Å². The molecule has 5 heteroatoms. The van der Waals surface area contributed by atoms with E-state index < -0.39 is 0 Å². The maximum Gasteiger partial charge on any atom is 0.277 e. The Morgan fingerprint density at radius 3 is 2.81 bits per heavy atom. The zero-order valence-electron chi connectivity index (χ0n) is 12.3. The lowest BCUT2D eigenvalue weighted by Gasteiger charge is -2.08. The van der Waals surface area contributed by atoms with Crippen molar-refractivity contribution in [3.63, 3.8) is 0 Å². The Kier molecular flexibility index (Phi) is 5.11. The van der Waals surface area contributed by atoms with Gasteiger partial charge in [0, 0.05) is 4.88 Å². The Bertz CT molecular complexity index is 662. The average Bonchev–Trinajstić information content (AvgIpc) is 2.85. The second kappa shape index (κ2) is 7.04. The molecule has 0 saturated carbocycles. The van der Waals surface area contributed by atoms with Crippen molar-refractivity contribution >= 4 is 23.5 Å². The summed E-state index contributed by atoms with van der Waals surface area (Å²) < 4.78 is 5.51. The molecular formula is C16H18N2O2S. The van der Waals surface area contributed by atoms with Crippen LogP contribution in [0, 0.1) is 20.8 Å². The van der Waals surface area contributed by atoms with Crippen LogP contribution >= 0.6 is 11.3 Å². The Morgan fingerprint density at radius 2 is 2.10 bits per heavy atom. The van der Waals surface area contributed by atoms with Crippen molar-refractivity contribution in [3.8, 4) is 5.75 Å². The van der Waals surface area contributed by atoms with Gasteiger partial charge in [-0.15, -0.1) is 11.3 Å². The summed E-state index contributed by atoms with van der Waals surface area (Å²) in [5.41, 5.74) is 5.71. The first-order valence-corrected chi connectivity index (χ1v) is 7.50. The van der Waals surface area contributed by atoms with Crippen molar-refractivity contribution in [2.24, 2.45) is 5.10 Å². The fourth-order valence-electron chi connectivity index (χ4n) is 1.72. The topological polar surface area (TPSA) is 50.7 Å². The zero-order chi connectivity index (χ0) is 15.2. The van der Waals surface area contributed by atoms with Crippen LogP contribution in [0.5, 0.6) is 5.75 Å². The molecule has 110 valence electrons. The summed E-state index contributed by atoms with van der Waals surface area (Å²) in [4.78, 5) is 12.7. The van der Waals surface area contributed by atoms with Crippen LogP contribution in [0.15, 0.2) is 34.7 Å². The number of ether oxygens (including phenoxy) is 1. The zero-order valence-corrected chi connectivity index (χ0v) is 13.2. The lowest BCUT2D eigenvalue weighted by atomic mass is 10.1. The maximum atomic E-state index is 11.7. The predicted molar refractivity (Wildman–Crippen MR) is 86.2 cm³/mol. The third kappa shape index (κ3) is 4.43. The van der Waals surface area contributed by atoms with Crippen LogP contribution in [0.25, 0.3) is 0 Å². The van der Waals surface area contributed by atoms with Crippen molar-refractivity contribution < 1.29 is 9.53 Å². The fourth-order valence-corrected chi connectivity index (χ4v) is 2.50. The van der Waals surface area contributed by atoms with Gasteiger partial charge in [0.05, 0.1) is 6.21 Å². The van der Waals surface area contributed by atoms with Gasteiger partial charge in [-0.1, -0.05) is 12.1 Å². The van der Waals surface area contributed by atoms with E-state index in [1.165, 1.54) is 0 Å². The monoisotopic (exact) mass is 302 g/mol. The van der Waals surface area contributed by atoms with E-state index in [4.69, 9.17) is 4.74 Å². The van der Waals surface area contributed by atoms with E-state index >= 15 is 0 Å². The number of amides is 1. The first-order chi connectivity index (χ1) is 10.1. The van der Waals surface area contributed by atoms with Crippen molar-refractivity contribution in [1.29, 1.82) is 0 Å². The minimum absolute atomic E-state index is 0.0505. The van der Waals surface area contributed by atoms with Crippen molar-refractivity contribution in [2.45, 2.75) is 20.8 Å². The molecule has 1 heterocycles. The number of carbonyl (C=O) groups is 1. The lowest BCUT2D eigenvalue weighted by molar-refractivity contribution is -0.123. The average molecular weight is 302 g/mol. The number of thiophene rings is 1. The molecule has 0 saturated heterocycles. The number of hydrogen-bond donors (Lipinski definition) is 1. The smallest absolute Gasteiger partial charge is 0.277 e. The van der Waals surface area contributed by atoms with E-state index in [2.05, 4.69) is 10.5 Å². The predicted octanol–water partition coefficient (Wildman–Crippen LogP) is 3.20. The van der Waals surface area contributed by atoms with Crippen molar-refractivity contribution in [3.05, 3.63) is 51.2 Å². The summed E-state index contributed by atoms with van der Waals surface area (Å²) in [6.45, 7) is 5.89. The molecule has 2 aromatic rings. The molecule has 4 nitrogen and oxygen atoms in total. The minimum Gasteiger partial charge on any atom is -0.483 e. The highest BCUT2D eigenvalue weighted by Gasteiger charge is 2.04. The summed E-state index contributed by atoms with van der Waals surface area (Å²) in [7, 11) is 0. The third-order valence-corrected chi connectivity index (χ3v) is 3.93. The van der Waals surface area contributed by atoms with Gasteiger partial charge in [0.15, 0.2) is 6.61 Å². The molecule has 21 heavy (non-hydrogen) atoms. The van der Waals surface area contributed by atoms with Crippen LogP contribution in [0.2, 0.25) is 0 Å². The molecule has 0 bridgehead atoms. The lowest BCUT2D eigenvalue weighted by Crippen LogP contribution is -2.24. The molecule has 0 aliphatic heterocycles. The van der Waals surface area contributed by atoms with Gasteiger partial charge in [-0.2, -0.15) is 5.10 Å². The van der Waals surface area contributed by atoms with E-state index in [0.717, 1.165) is 27.3 Å². The van der Waals surface area contributed by atoms with E-state index in [9.17, 15) is 4.79 Å². The summed E-state index contributed by atoms with van der Waals surface area (Å²) in [5, 5.41) is 5.92. The first-order valence-electron chi connectivity index (χ1n) is 6.62. The molecule has 1 aromatic heterocycles. The van der Waals surface area contributed by atoms with Crippen molar-refractivity contribution in [1.82, 2.24) is 5.43 Å². The summed E-state index contributed by atoms with van der Waals surface area (Å²) in [6, 6.07) is 7.91. The largest absolute Gasteiger partial charge is 0.483 e. The number of nitrogens with one attached hydrogen (secondary N) is 1. The third-order valence-electron chi connectivity index (χ3n) is 2.98. The second-order valence-corrected chi connectivity index (χ2v) is 5.77. The summed E-state index contributed by atoms with van der Waals surface area (Å²) in [6.07, 6.45) is 1.65. The van der Waals surface area contributed by atoms with Gasteiger partial charge in [-0.3, -0.25) is 4.79 Å².